The van der Waals surface area contributed by atoms with Crippen LogP contribution in [0.2, 0.25) is 5.02 Å². The zero-order chi connectivity index (χ0) is 18.0. The highest BCUT2D eigenvalue weighted by Crippen LogP contribution is 2.28. The van der Waals surface area contributed by atoms with E-state index in [1.54, 1.807) is 6.07 Å². The van der Waals surface area contributed by atoms with Gasteiger partial charge in [0.2, 0.25) is 0 Å². The van der Waals surface area contributed by atoms with Crippen LogP contribution in [-0.2, 0) is 10.0 Å². The molecule has 0 unspecified atom stereocenters. The third-order valence-corrected chi connectivity index (χ3v) is 5.71. The first kappa shape index (κ1) is 17.5. The number of benzene rings is 2. The van der Waals surface area contributed by atoms with Crippen molar-refractivity contribution in [3.05, 3.63) is 52.8 Å². The Morgan fingerprint density at radius 1 is 1.16 bits per heavy atom. The van der Waals surface area contributed by atoms with Gasteiger partial charge in [-0.2, -0.15) is 5.26 Å². The van der Waals surface area contributed by atoms with Gasteiger partial charge in [0.05, 0.1) is 26.9 Å². The van der Waals surface area contributed by atoms with Gasteiger partial charge in [-0.1, -0.05) is 11.6 Å². The lowest BCUT2D eigenvalue weighted by Gasteiger charge is -2.19. The average molecular weight is 380 g/mol. The summed E-state index contributed by atoms with van der Waals surface area (Å²) in [6, 6.07) is 9.93. The van der Waals surface area contributed by atoms with Crippen LogP contribution < -0.4 is 9.62 Å². The summed E-state index contributed by atoms with van der Waals surface area (Å²) in [5.41, 5.74) is 0.782. The van der Waals surface area contributed by atoms with Crippen LogP contribution in [0.1, 0.15) is 18.4 Å². The number of rotatable bonds is 4. The van der Waals surface area contributed by atoms with E-state index in [4.69, 9.17) is 16.9 Å². The highest BCUT2D eigenvalue weighted by molar-refractivity contribution is 7.92. The second-order valence-corrected chi connectivity index (χ2v) is 7.81. The molecule has 1 heterocycles. The SMILES string of the molecule is N#Cc1ccc(S(=O)(=O)Nc2ccc(N3CCCC3)c(F)c2)cc1Cl. The molecule has 0 spiro atoms. The standard InChI is InChI=1S/C17H15ClFN3O2S/c18-15-10-14(5-3-12(15)11-20)25(23,24)21-13-4-6-17(16(19)9-13)22-7-1-2-8-22/h3-6,9-10,21H,1-2,7-8H2. The van der Waals surface area contributed by atoms with E-state index in [-0.39, 0.29) is 21.2 Å². The molecule has 1 N–H and O–H groups in total. The summed E-state index contributed by atoms with van der Waals surface area (Å²) < 4.78 is 41.5. The van der Waals surface area contributed by atoms with Gasteiger partial charge < -0.3 is 4.90 Å². The van der Waals surface area contributed by atoms with Gasteiger partial charge in [0.1, 0.15) is 11.9 Å². The van der Waals surface area contributed by atoms with Gasteiger partial charge in [-0.15, -0.1) is 0 Å². The zero-order valence-electron chi connectivity index (χ0n) is 13.2. The molecule has 2 aromatic carbocycles. The van der Waals surface area contributed by atoms with Gasteiger partial charge in [0.25, 0.3) is 10.0 Å². The normalized spacial score (nSPS) is 14.4. The van der Waals surface area contributed by atoms with E-state index < -0.39 is 15.8 Å². The van der Waals surface area contributed by atoms with Crippen molar-refractivity contribution in [3.8, 4) is 6.07 Å². The molecule has 0 aliphatic carbocycles. The van der Waals surface area contributed by atoms with Crippen LogP contribution in [0.5, 0.6) is 0 Å². The summed E-state index contributed by atoms with van der Waals surface area (Å²) in [6.07, 6.45) is 2.04. The summed E-state index contributed by atoms with van der Waals surface area (Å²) in [4.78, 5) is 1.84. The molecule has 25 heavy (non-hydrogen) atoms. The summed E-state index contributed by atoms with van der Waals surface area (Å²) >= 11 is 5.88. The maximum absolute atomic E-state index is 14.3. The van der Waals surface area contributed by atoms with Crippen molar-refractivity contribution in [2.45, 2.75) is 17.7 Å². The molecule has 8 heteroatoms. The van der Waals surface area contributed by atoms with Crippen LogP contribution in [0, 0.1) is 17.1 Å². The third-order valence-electron chi connectivity index (χ3n) is 4.02. The van der Waals surface area contributed by atoms with Crippen molar-refractivity contribution >= 4 is 33.0 Å². The lowest BCUT2D eigenvalue weighted by atomic mass is 10.2. The smallest absolute Gasteiger partial charge is 0.261 e. The Balaban J connectivity index is 1.84. The summed E-state index contributed by atoms with van der Waals surface area (Å²) in [6.45, 7) is 1.59. The van der Waals surface area contributed by atoms with Crippen molar-refractivity contribution in [1.82, 2.24) is 0 Å². The van der Waals surface area contributed by atoms with Crippen molar-refractivity contribution in [1.29, 1.82) is 5.26 Å². The molecule has 130 valence electrons. The minimum absolute atomic E-state index is 0.0425. The van der Waals surface area contributed by atoms with Gasteiger partial charge in [0, 0.05) is 19.2 Å². The number of nitrogens with one attached hydrogen (secondary N) is 1. The molecule has 0 aromatic heterocycles. The maximum atomic E-state index is 14.3. The van der Waals surface area contributed by atoms with Crippen LogP contribution >= 0.6 is 11.6 Å². The highest BCUT2D eigenvalue weighted by atomic mass is 35.5. The van der Waals surface area contributed by atoms with Gasteiger partial charge in [-0.05, 0) is 43.2 Å². The Hall–Kier alpha value is -2.30. The van der Waals surface area contributed by atoms with Gasteiger partial charge in [0.15, 0.2) is 0 Å². The number of hydrogen-bond acceptors (Lipinski definition) is 4. The highest BCUT2D eigenvalue weighted by Gasteiger charge is 2.19. The Labute approximate surface area is 150 Å². The summed E-state index contributed by atoms with van der Waals surface area (Å²) in [7, 11) is -3.93. The fraction of sp³-hybridized carbons (Fsp3) is 0.235. The maximum Gasteiger partial charge on any atom is 0.261 e. The lowest BCUT2D eigenvalue weighted by molar-refractivity contribution is 0.601. The molecule has 1 fully saturated rings. The van der Waals surface area contributed by atoms with Crippen LogP contribution in [0.3, 0.4) is 0 Å². The van der Waals surface area contributed by atoms with Crippen molar-refractivity contribution in [2.24, 2.45) is 0 Å². The molecule has 0 bridgehead atoms. The molecule has 2 aromatic rings. The predicted octanol–water partition coefficient (Wildman–Crippen LogP) is 3.75. The van der Waals surface area contributed by atoms with Crippen LogP contribution in [0.15, 0.2) is 41.3 Å². The zero-order valence-corrected chi connectivity index (χ0v) is 14.7. The van der Waals surface area contributed by atoms with Crippen LogP contribution in [0.25, 0.3) is 0 Å². The molecule has 3 rings (SSSR count). The van der Waals surface area contributed by atoms with Crippen molar-refractivity contribution in [2.75, 3.05) is 22.7 Å². The summed E-state index contributed by atoms with van der Waals surface area (Å²) in [5, 5.41) is 8.89. The Bertz CT molecular complexity index is 951. The number of nitriles is 1. The number of hydrogen-bond donors (Lipinski definition) is 1. The lowest BCUT2D eigenvalue weighted by Crippen LogP contribution is -2.19. The Morgan fingerprint density at radius 2 is 1.88 bits per heavy atom. The van der Waals surface area contributed by atoms with E-state index in [0.717, 1.165) is 32.0 Å². The minimum atomic E-state index is -3.93. The van der Waals surface area contributed by atoms with E-state index in [9.17, 15) is 12.8 Å². The fourth-order valence-electron chi connectivity index (χ4n) is 2.75. The Morgan fingerprint density at radius 3 is 2.48 bits per heavy atom. The molecule has 0 radical (unpaired) electrons. The number of nitrogens with zero attached hydrogens (tertiary/aromatic N) is 2. The van der Waals surface area contributed by atoms with E-state index in [1.165, 1.54) is 24.3 Å². The van der Waals surface area contributed by atoms with Crippen molar-refractivity contribution in [3.63, 3.8) is 0 Å². The molecular formula is C17H15ClFN3O2S. The van der Waals surface area contributed by atoms with E-state index in [2.05, 4.69) is 4.72 Å². The second kappa shape index (κ2) is 6.90. The summed E-state index contributed by atoms with van der Waals surface area (Å²) in [5.74, 6) is -0.472. The average Bonchev–Trinajstić information content (AvgIpc) is 3.08. The molecule has 1 aliphatic rings. The number of halogens is 2. The first-order valence-corrected chi connectivity index (χ1v) is 9.54. The Kier molecular flexibility index (Phi) is 4.84. The number of anilines is 2. The van der Waals surface area contributed by atoms with Gasteiger partial charge in [-0.3, -0.25) is 4.72 Å². The molecular weight excluding hydrogens is 365 g/mol. The molecule has 0 saturated carbocycles. The van der Waals surface area contributed by atoms with E-state index >= 15 is 0 Å². The molecule has 5 nitrogen and oxygen atoms in total. The number of sulfonamides is 1. The predicted molar refractivity (Wildman–Crippen MR) is 94.8 cm³/mol. The second-order valence-electron chi connectivity index (χ2n) is 5.72. The van der Waals surface area contributed by atoms with Crippen molar-refractivity contribution < 1.29 is 12.8 Å². The van der Waals surface area contributed by atoms with E-state index in [0.29, 0.717) is 5.69 Å². The van der Waals surface area contributed by atoms with Gasteiger partial charge >= 0.3 is 0 Å². The topological polar surface area (TPSA) is 73.2 Å². The van der Waals surface area contributed by atoms with Crippen LogP contribution in [-0.4, -0.2) is 21.5 Å². The first-order valence-electron chi connectivity index (χ1n) is 7.68. The van der Waals surface area contributed by atoms with Crippen LogP contribution in [0.4, 0.5) is 15.8 Å². The van der Waals surface area contributed by atoms with E-state index in [1.807, 2.05) is 11.0 Å². The molecule has 1 aliphatic heterocycles. The fourth-order valence-corrected chi connectivity index (χ4v) is 4.12. The molecule has 0 atom stereocenters. The first-order chi connectivity index (χ1) is 11.9. The monoisotopic (exact) mass is 379 g/mol. The third kappa shape index (κ3) is 3.70. The molecule has 1 saturated heterocycles. The quantitative estimate of drug-likeness (QED) is 0.877. The minimum Gasteiger partial charge on any atom is -0.369 e. The largest absolute Gasteiger partial charge is 0.369 e. The van der Waals surface area contributed by atoms with Gasteiger partial charge in [-0.25, -0.2) is 12.8 Å². The molecule has 0 amide bonds.